The molecular formula is C8H18NiO4P2+2. The van der Waals surface area contributed by atoms with E-state index in [4.69, 9.17) is 0 Å². The quantitative estimate of drug-likeness (QED) is 0.553. The molecule has 92 valence electrons. The van der Waals surface area contributed by atoms with Gasteiger partial charge in [0.15, 0.2) is 0 Å². The maximum Gasteiger partial charge on any atom is 2.00 e. The Bertz CT molecular complexity index is 149. The molecule has 0 aromatic heterocycles. The van der Waals surface area contributed by atoms with Gasteiger partial charge in [-0.05, 0) is 12.8 Å². The first kappa shape index (κ1) is 21.0. The topological polar surface area (TPSA) is 80.3 Å². The normalized spacial score (nSPS) is 10.7. The zero-order valence-corrected chi connectivity index (χ0v) is 11.9. The van der Waals surface area contributed by atoms with Crippen molar-refractivity contribution < 1.29 is 35.4 Å². The van der Waals surface area contributed by atoms with Crippen molar-refractivity contribution in [3.05, 3.63) is 0 Å². The van der Waals surface area contributed by atoms with E-state index >= 15 is 0 Å². The number of rotatable bonds is 6. The van der Waals surface area contributed by atoms with Crippen molar-refractivity contribution in [2.75, 3.05) is 12.3 Å². The van der Waals surface area contributed by atoms with Gasteiger partial charge in [0, 0.05) is 0 Å². The first-order valence-corrected chi connectivity index (χ1v) is 7.50. The molecular weight excluding hydrogens is 281 g/mol. The van der Waals surface area contributed by atoms with E-state index in [1.807, 2.05) is 13.8 Å². The summed E-state index contributed by atoms with van der Waals surface area (Å²) >= 11 is 0. The summed E-state index contributed by atoms with van der Waals surface area (Å²) in [6.07, 6.45) is 4.24. The number of unbranched alkanes of at least 4 members (excludes halogenated alkanes) is 2. The van der Waals surface area contributed by atoms with Gasteiger partial charge in [0.05, 0.1) is 0 Å². The molecule has 0 aromatic carbocycles. The largest absolute Gasteiger partial charge is 2.00 e. The average molecular weight is 299 g/mol. The predicted octanol–water partition coefficient (Wildman–Crippen LogP) is 1.78. The fourth-order valence-corrected chi connectivity index (χ4v) is 1.72. The Morgan fingerprint density at radius 3 is 1.20 bits per heavy atom. The van der Waals surface area contributed by atoms with Crippen LogP contribution in [0.2, 0.25) is 0 Å². The van der Waals surface area contributed by atoms with Gasteiger partial charge in [0.25, 0.3) is 0 Å². The monoisotopic (exact) mass is 298 g/mol. The Morgan fingerprint density at radius 1 is 0.867 bits per heavy atom. The molecule has 0 aliphatic rings. The second-order valence-electron chi connectivity index (χ2n) is 2.82. The first-order chi connectivity index (χ1) is 6.54. The Balaban J connectivity index is -0.000000180. The van der Waals surface area contributed by atoms with Gasteiger partial charge in [-0.25, -0.2) is 0 Å². The average Bonchev–Trinajstić information content (AvgIpc) is 2.12. The third-order valence-corrected chi connectivity index (χ3v) is 2.75. The van der Waals surface area contributed by atoms with Crippen LogP contribution in [0.1, 0.15) is 39.5 Å². The van der Waals surface area contributed by atoms with Crippen molar-refractivity contribution >= 4 is 16.1 Å². The molecule has 4 nitrogen and oxygen atoms in total. The third kappa shape index (κ3) is 31.3. The number of hydrogen-bond donors (Lipinski definition) is 0. The fourth-order valence-electron chi connectivity index (χ4n) is 0.574. The Labute approximate surface area is 104 Å². The Hall–Kier alpha value is 0.614. The van der Waals surface area contributed by atoms with Crippen molar-refractivity contribution in [3.8, 4) is 0 Å². The third-order valence-electron chi connectivity index (χ3n) is 1.39. The molecule has 0 rings (SSSR count). The van der Waals surface area contributed by atoms with Gasteiger partial charge in [-0.15, -0.1) is 0 Å². The summed E-state index contributed by atoms with van der Waals surface area (Å²) in [6.45, 7) is 3.94. The van der Waals surface area contributed by atoms with E-state index in [0.29, 0.717) is 12.3 Å². The van der Waals surface area contributed by atoms with Crippen molar-refractivity contribution in [3.63, 3.8) is 0 Å². The second kappa shape index (κ2) is 17.0. The van der Waals surface area contributed by atoms with Crippen molar-refractivity contribution in [1.29, 1.82) is 0 Å². The summed E-state index contributed by atoms with van der Waals surface area (Å²) < 4.78 is 19.6. The molecule has 0 radical (unpaired) electrons. The fraction of sp³-hybridized carbons (Fsp3) is 1.00. The molecule has 0 spiro atoms. The summed E-state index contributed by atoms with van der Waals surface area (Å²) in [7, 11) is -4.21. The molecule has 0 aliphatic heterocycles. The van der Waals surface area contributed by atoms with Crippen LogP contribution in [0.3, 0.4) is 0 Å². The van der Waals surface area contributed by atoms with Crippen LogP contribution in [0.5, 0.6) is 0 Å². The summed E-state index contributed by atoms with van der Waals surface area (Å²) in [5, 5.41) is 0. The molecule has 0 saturated carbocycles. The van der Waals surface area contributed by atoms with Crippen LogP contribution < -0.4 is 9.79 Å². The molecule has 7 heteroatoms. The zero-order chi connectivity index (χ0) is 11.4. The molecule has 0 heterocycles. The van der Waals surface area contributed by atoms with Gasteiger partial charge in [0.1, 0.15) is 12.3 Å². The predicted molar refractivity (Wildman–Crippen MR) is 54.8 cm³/mol. The summed E-state index contributed by atoms with van der Waals surface area (Å²) in [5.41, 5.74) is 0. The Kier molecular flexibility index (Phi) is 23.8. The number of hydrogen-bond acceptors (Lipinski definition) is 4. The van der Waals surface area contributed by atoms with Crippen LogP contribution in [0, 0.1) is 0 Å². The van der Waals surface area contributed by atoms with Gasteiger partial charge in [-0.2, -0.15) is 0 Å². The molecule has 2 unspecified atom stereocenters. The molecule has 0 aliphatic carbocycles. The van der Waals surface area contributed by atoms with E-state index in [2.05, 4.69) is 0 Å². The molecule has 2 atom stereocenters. The SMILES string of the molecule is CCCC[P+](=O)[O-].CCCC[P+](=O)[O-].[Ni+2]. The molecule has 0 saturated heterocycles. The smallest absolute Gasteiger partial charge is 0.596 e. The van der Waals surface area contributed by atoms with Crippen LogP contribution in [-0.4, -0.2) is 12.3 Å². The summed E-state index contributed by atoms with van der Waals surface area (Å²) in [4.78, 5) is 19.6. The van der Waals surface area contributed by atoms with Gasteiger partial charge in [-0.3, -0.25) is 0 Å². The van der Waals surface area contributed by atoms with E-state index in [-0.39, 0.29) is 16.5 Å². The molecule has 0 amide bonds. The van der Waals surface area contributed by atoms with Crippen molar-refractivity contribution in [1.82, 2.24) is 0 Å². The Morgan fingerprint density at radius 2 is 1.13 bits per heavy atom. The van der Waals surface area contributed by atoms with Crippen LogP contribution in [0.25, 0.3) is 0 Å². The molecule has 15 heavy (non-hydrogen) atoms. The molecule has 0 fully saturated rings. The van der Waals surface area contributed by atoms with E-state index < -0.39 is 16.1 Å². The minimum atomic E-state index is -2.11. The minimum absolute atomic E-state index is 0. The molecule has 0 N–H and O–H groups in total. The van der Waals surface area contributed by atoms with Crippen molar-refractivity contribution in [2.24, 2.45) is 0 Å². The zero-order valence-electron chi connectivity index (χ0n) is 9.09. The van der Waals surface area contributed by atoms with Gasteiger partial charge in [0.2, 0.25) is 0 Å². The minimum Gasteiger partial charge on any atom is -0.596 e. The first-order valence-electron chi connectivity index (χ1n) is 4.78. The molecule has 0 aromatic rings. The molecule has 0 bridgehead atoms. The van der Waals surface area contributed by atoms with E-state index in [1.165, 1.54) is 0 Å². The van der Waals surface area contributed by atoms with Crippen molar-refractivity contribution in [2.45, 2.75) is 39.5 Å². The maximum atomic E-state index is 9.80. The van der Waals surface area contributed by atoms with Gasteiger partial charge < -0.3 is 9.79 Å². The van der Waals surface area contributed by atoms with E-state index in [9.17, 15) is 18.9 Å². The van der Waals surface area contributed by atoms with Crippen LogP contribution in [0.4, 0.5) is 0 Å². The van der Waals surface area contributed by atoms with Crippen LogP contribution in [-0.2, 0) is 25.6 Å². The summed E-state index contributed by atoms with van der Waals surface area (Å²) in [6, 6.07) is 0. The summed E-state index contributed by atoms with van der Waals surface area (Å²) in [5.74, 6) is 0. The van der Waals surface area contributed by atoms with E-state index in [1.54, 1.807) is 0 Å². The van der Waals surface area contributed by atoms with Crippen LogP contribution in [0.15, 0.2) is 0 Å². The van der Waals surface area contributed by atoms with Crippen LogP contribution >= 0.6 is 16.1 Å². The van der Waals surface area contributed by atoms with E-state index in [0.717, 1.165) is 25.7 Å². The maximum absolute atomic E-state index is 9.80. The standard InChI is InChI=1S/2C4H9O2P.Ni/c2*1-2-3-4-7(5)6;/h2*2-4H2,1H3;/q;;+2. The van der Waals surface area contributed by atoms with Gasteiger partial charge in [-0.1, -0.05) is 35.8 Å². The second-order valence-corrected chi connectivity index (χ2v) is 5.05. The van der Waals surface area contributed by atoms with Gasteiger partial charge >= 0.3 is 32.5 Å².